The summed E-state index contributed by atoms with van der Waals surface area (Å²) in [4.78, 5) is 13.4. The van der Waals surface area contributed by atoms with Crippen molar-refractivity contribution in [3.05, 3.63) is 29.8 Å². The van der Waals surface area contributed by atoms with Gasteiger partial charge in [0.05, 0.1) is 0 Å². The first kappa shape index (κ1) is 18.3. The standard InChI is InChI=1S/C17H28N2O3/c1-6-14(13-9-7-8-10-15(13)20)18-11-12-19(5)16(21)22-17(2,3)4/h7-10,14,18,20H,6,11-12H2,1-5H3. The van der Waals surface area contributed by atoms with Gasteiger partial charge in [0.2, 0.25) is 0 Å². The number of phenolic OH excluding ortho intramolecular Hbond substituents is 1. The molecule has 0 aliphatic carbocycles. The van der Waals surface area contributed by atoms with Crippen molar-refractivity contribution in [2.75, 3.05) is 20.1 Å². The third-order valence-electron chi connectivity index (χ3n) is 3.26. The number of carbonyl (C=O) groups excluding carboxylic acids is 1. The number of rotatable bonds is 6. The molecule has 0 aliphatic rings. The molecule has 1 aromatic rings. The predicted octanol–water partition coefficient (Wildman–Crippen LogP) is 3.30. The highest BCUT2D eigenvalue weighted by Gasteiger charge is 2.19. The number of carbonyl (C=O) groups is 1. The van der Waals surface area contributed by atoms with Crippen molar-refractivity contribution in [3.63, 3.8) is 0 Å². The number of nitrogens with zero attached hydrogens (tertiary/aromatic N) is 1. The molecule has 0 radical (unpaired) electrons. The van der Waals surface area contributed by atoms with Crippen molar-refractivity contribution in [1.82, 2.24) is 10.2 Å². The first-order chi connectivity index (χ1) is 10.2. The van der Waals surface area contributed by atoms with Crippen LogP contribution in [0.5, 0.6) is 5.75 Å². The van der Waals surface area contributed by atoms with Crippen molar-refractivity contribution in [3.8, 4) is 5.75 Å². The highest BCUT2D eigenvalue weighted by molar-refractivity contribution is 5.67. The fraction of sp³-hybridized carbons (Fsp3) is 0.588. The van der Waals surface area contributed by atoms with Crippen LogP contribution < -0.4 is 5.32 Å². The maximum atomic E-state index is 11.9. The summed E-state index contributed by atoms with van der Waals surface area (Å²) in [5, 5.41) is 13.3. The van der Waals surface area contributed by atoms with Crippen LogP contribution in [0.3, 0.4) is 0 Å². The molecule has 5 heteroatoms. The number of hydrogen-bond acceptors (Lipinski definition) is 4. The van der Waals surface area contributed by atoms with E-state index in [0.29, 0.717) is 18.8 Å². The average Bonchev–Trinajstić information content (AvgIpc) is 2.42. The molecule has 0 saturated carbocycles. The number of ether oxygens (including phenoxy) is 1. The van der Waals surface area contributed by atoms with Gasteiger partial charge in [-0.1, -0.05) is 25.1 Å². The number of nitrogens with one attached hydrogen (secondary N) is 1. The van der Waals surface area contributed by atoms with Crippen LogP contribution in [0.15, 0.2) is 24.3 Å². The van der Waals surface area contributed by atoms with E-state index in [4.69, 9.17) is 4.74 Å². The molecule has 0 heterocycles. The molecule has 0 aromatic heterocycles. The van der Waals surface area contributed by atoms with E-state index < -0.39 is 5.60 Å². The minimum Gasteiger partial charge on any atom is -0.508 e. The van der Waals surface area contributed by atoms with E-state index in [1.807, 2.05) is 39.0 Å². The molecule has 22 heavy (non-hydrogen) atoms. The van der Waals surface area contributed by atoms with Gasteiger partial charge >= 0.3 is 6.09 Å². The lowest BCUT2D eigenvalue weighted by Gasteiger charge is -2.25. The molecule has 1 amide bonds. The molecule has 0 bridgehead atoms. The van der Waals surface area contributed by atoms with Gasteiger partial charge in [-0.25, -0.2) is 4.79 Å². The summed E-state index contributed by atoms with van der Waals surface area (Å²) in [5.74, 6) is 0.294. The second-order valence-electron chi connectivity index (χ2n) is 6.38. The number of aromatic hydroxyl groups is 1. The zero-order chi connectivity index (χ0) is 16.8. The number of phenols is 1. The van der Waals surface area contributed by atoms with E-state index in [9.17, 15) is 9.90 Å². The molecule has 124 valence electrons. The first-order valence-corrected chi connectivity index (χ1v) is 7.70. The fourth-order valence-corrected chi connectivity index (χ4v) is 2.09. The highest BCUT2D eigenvalue weighted by Crippen LogP contribution is 2.25. The Kier molecular flexibility index (Phi) is 6.68. The normalized spacial score (nSPS) is 12.8. The second kappa shape index (κ2) is 8.03. The summed E-state index contributed by atoms with van der Waals surface area (Å²) < 4.78 is 5.31. The number of amides is 1. The molecule has 0 saturated heterocycles. The summed E-state index contributed by atoms with van der Waals surface area (Å²) >= 11 is 0. The lowest BCUT2D eigenvalue weighted by atomic mass is 10.0. The van der Waals surface area contributed by atoms with E-state index >= 15 is 0 Å². The first-order valence-electron chi connectivity index (χ1n) is 7.70. The van der Waals surface area contributed by atoms with Crippen molar-refractivity contribution < 1.29 is 14.6 Å². The Morgan fingerprint density at radius 3 is 2.55 bits per heavy atom. The molecular formula is C17H28N2O3. The zero-order valence-corrected chi connectivity index (χ0v) is 14.2. The lowest BCUT2D eigenvalue weighted by Crippen LogP contribution is -2.38. The molecular weight excluding hydrogens is 280 g/mol. The van der Waals surface area contributed by atoms with Crippen LogP contribution in [0.4, 0.5) is 4.79 Å². The Morgan fingerprint density at radius 2 is 2.00 bits per heavy atom. The summed E-state index contributed by atoms with van der Waals surface area (Å²) in [6.07, 6.45) is 0.526. The average molecular weight is 308 g/mol. The van der Waals surface area contributed by atoms with E-state index in [1.54, 1.807) is 18.0 Å². The van der Waals surface area contributed by atoms with Gasteiger partial charge in [0, 0.05) is 31.7 Å². The van der Waals surface area contributed by atoms with Crippen molar-refractivity contribution in [1.29, 1.82) is 0 Å². The molecule has 1 atom stereocenters. The molecule has 0 fully saturated rings. The summed E-state index contributed by atoms with van der Waals surface area (Å²) in [6.45, 7) is 8.77. The van der Waals surface area contributed by atoms with Crippen LogP contribution in [0, 0.1) is 0 Å². The molecule has 1 unspecified atom stereocenters. The van der Waals surface area contributed by atoms with Gasteiger partial charge < -0.3 is 20.1 Å². The molecule has 1 aromatic carbocycles. The zero-order valence-electron chi connectivity index (χ0n) is 14.2. The van der Waals surface area contributed by atoms with Crippen molar-refractivity contribution in [2.45, 2.75) is 45.8 Å². The smallest absolute Gasteiger partial charge is 0.410 e. The number of benzene rings is 1. The summed E-state index contributed by atoms with van der Waals surface area (Å²) in [7, 11) is 1.72. The van der Waals surface area contributed by atoms with Crippen LogP contribution in [0.1, 0.15) is 45.7 Å². The number of likely N-dealkylation sites (N-methyl/N-ethyl adjacent to an activating group) is 1. The van der Waals surface area contributed by atoms with Crippen LogP contribution >= 0.6 is 0 Å². The minimum absolute atomic E-state index is 0.0632. The van der Waals surface area contributed by atoms with Crippen LogP contribution in [-0.4, -0.2) is 41.8 Å². The van der Waals surface area contributed by atoms with Gasteiger partial charge in [-0.3, -0.25) is 0 Å². The van der Waals surface area contributed by atoms with Crippen molar-refractivity contribution >= 4 is 6.09 Å². The van der Waals surface area contributed by atoms with Crippen LogP contribution in [-0.2, 0) is 4.74 Å². The quantitative estimate of drug-likeness (QED) is 0.846. The Morgan fingerprint density at radius 1 is 1.36 bits per heavy atom. The van der Waals surface area contributed by atoms with Gasteiger partial charge in [0.1, 0.15) is 11.4 Å². The van der Waals surface area contributed by atoms with E-state index in [1.165, 1.54) is 0 Å². The van der Waals surface area contributed by atoms with E-state index in [2.05, 4.69) is 12.2 Å². The van der Waals surface area contributed by atoms with Gasteiger partial charge in [0.15, 0.2) is 0 Å². The molecule has 0 spiro atoms. The minimum atomic E-state index is -0.486. The largest absolute Gasteiger partial charge is 0.508 e. The summed E-state index contributed by atoms with van der Waals surface area (Å²) in [6, 6.07) is 7.38. The maximum absolute atomic E-state index is 11.9. The Labute approximate surface area is 133 Å². The van der Waals surface area contributed by atoms with E-state index in [-0.39, 0.29) is 12.1 Å². The van der Waals surface area contributed by atoms with Gasteiger partial charge in [0.25, 0.3) is 0 Å². The fourth-order valence-electron chi connectivity index (χ4n) is 2.09. The Balaban J connectivity index is 2.48. The van der Waals surface area contributed by atoms with Gasteiger partial charge in [-0.05, 0) is 33.3 Å². The second-order valence-corrected chi connectivity index (χ2v) is 6.38. The van der Waals surface area contributed by atoms with Crippen LogP contribution in [0.2, 0.25) is 0 Å². The van der Waals surface area contributed by atoms with Gasteiger partial charge in [-0.15, -0.1) is 0 Å². The predicted molar refractivity (Wildman–Crippen MR) is 88.0 cm³/mol. The number of hydrogen-bond donors (Lipinski definition) is 2. The SMILES string of the molecule is CCC(NCCN(C)C(=O)OC(C)(C)C)c1ccccc1O. The highest BCUT2D eigenvalue weighted by atomic mass is 16.6. The molecule has 1 rings (SSSR count). The van der Waals surface area contributed by atoms with E-state index in [0.717, 1.165) is 12.0 Å². The lowest BCUT2D eigenvalue weighted by molar-refractivity contribution is 0.0299. The topological polar surface area (TPSA) is 61.8 Å². The van der Waals surface area contributed by atoms with Crippen molar-refractivity contribution in [2.24, 2.45) is 0 Å². The molecule has 0 aliphatic heterocycles. The maximum Gasteiger partial charge on any atom is 0.410 e. The van der Waals surface area contributed by atoms with Crippen LogP contribution in [0.25, 0.3) is 0 Å². The third kappa shape index (κ3) is 5.93. The molecule has 5 nitrogen and oxygen atoms in total. The van der Waals surface area contributed by atoms with Gasteiger partial charge in [-0.2, -0.15) is 0 Å². The molecule has 2 N–H and O–H groups in total. The Bertz CT molecular complexity index is 483. The summed E-state index contributed by atoms with van der Waals surface area (Å²) in [5.41, 5.74) is 0.394. The third-order valence-corrected chi connectivity index (χ3v) is 3.26. The Hall–Kier alpha value is -1.75. The monoisotopic (exact) mass is 308 g/mol. The number of para-hydroxylation sites is 1.